The van der Waals surface area contributed by atoms with Crippen molar-refractivity contribution in [3.05, 3.63) is 59.2 Å². The Balaban J connectivity index is 1.87. The second-order valence-corrected chi connectivity index (χ2v) is 5.04. The normalized spacial score (nSPS) is 12.7. The number of benzene rings is 2. The molecule has 0 saturated heterocycles. The zero-order chi connectivity index (χ0) is 14.7. The number of terminal acetylenes is 1. The average molecular weight is 276 g/mol. The van der Waals surface area contributed by atoms with Crippen LogP contribution in [0.15, 0.2) is 42.5 Å². The lowest BCUT2D eigenvalue weighted by Gasteiger charge is -2.20. The summed E-state index contributed by atoms with van der Waals surface area (Å²) in [5.74, 6) is 2.48. The van der Waals surface area contributed by atoms with Crippen LogP contribution in [0.3, 0.4) is 0 Å². The Kier molecular flexibility index (Phi) is 3.61. The molecule has 21 heavy (non-hydrogen) atoms. The van der Waals surface area contributed by atoms with E-state index in [1.807, 2.05) is 36.4 Å². The standard InChI is InChI=1S/C18H16N2O/c1-2-13-6-3-7-14(12-13)20-18(21)16-8-4-10-17-15(16)9-5-11-19-17/h1,3-4,6-8,10,12,19H,5,9,11H2,(H,20,21). The predicted molar refractivity (Wildman–Crippen MR) is 85.6 cm³/mol. The van der Waals surface area contributed by atoms with Gasteiger partial charge in [-0.05, 0) is 48.7 Å². The fourth-order valence-electron chi connectivity index (χ4n) is 2.61. The zero-order valence-electron chi connectivity index (χ0n) is 11.6. The van der Waals surface area contributed by atoms with Gasteiger partial charge in [0.2, 0.25) is 0 Å². The molecule has 1 aliphatic rings. The number of anilines is 2. The number of carbonyl (C=O) groups excluding carboxylic acids is 1. The van der Waals surface area contributed by atoms with Gasteiger partial charge in [-0.1, -0.05) is 18.1 Å². The summed E-state index contributed by atoms with van der Waals surface area (Å²) in [5.41, 5.74) is 4.35. The molecular formula is C18H16N2O. The third-order valence-electron chi connectivity index (χ3n) is 3.63. The van der Waals surface area contributed by atoms with Gasteiger partial charge in [-0.3, -0.25) is 4.79 Å². The molecule has 104 valence electrons. The number of fused-ring (bicyclic) bond motifs is 1. The summed E-state index contributed by atoms with van der Waals surface area (Å²) in [4.78, 5) is 12.5. The van der Waals surface area contributed by atoms with Gasteiger partial charge in [0.1, 0.15) is 0 Å². The van der Waals surface area contributed by atoms with Gasteiger partial charge in [0, 0.05) is 29.0 Å². The van der Waals surface area contributed by atoms with E-state index in [9.17, 15) is 4.79 Å². The highest BCUT2D eigenvalue weighted by Gasteiger charge is 2.17. The van der Waals surface area contributed by atoms with Crippen molar-refractivity contribution in [2.45, 2.75) is 12.8 Å². The van der Waals surface area contributed by atoms with Gasteiger partial charge >= 0.3 is 0 Å². The van der Waals surface area contributed by atoms with Crippen LogP contribution in [0.2, 0.25) is 0 Å². The maximum absolute atomic E-state index is 12.5. The highest BCUT2D eigenvalue weighted by Crippen LogP contribution is 2.26. The molecule has 0 spiro atoms. The van der Waals surface area contributed by atoms with Crippen molar-refractivity contribution in [2.75, 3.05) is 17.2 Å². The fourth-order valence-corrected chi connectivity index (χ4v) is 2.61. The summed E-state index contributed by atoms with van der Waals surface area (Å²) < 4.78 is 0. The van der Waals surface area contributed by atoms with Crippen LogP contribution in [-0.4, -0.2) is 12.5 Å². The van der Waals surface area contributed by atoms with Crippen LogP contribution in [0.1, 0.15) is 27.9 Å². The monoisotopic (exact) mass is 276 g/mol. The number of hydrogen-bond acceptors (Lipinski definition) is 2. The van der Waals surface area contributed by atoms with Gasteiger partial charge < -0.3 is 10.6 Å². The SMILES string of the molecule is C#Cc1cccc(NC(=O)c2cccc3c2CCCN3)c1. The average Bonchev–Trinajstić information content (AvgIpc) is 2.54. The van der Waals surface area contributed by atoms with E-state index in [1.54, 1.807) is 6.07 Å². The first-order chi connectivity index (χ1) is 10.3. The Labute approximate surface area is 124 Å². The quantitative estimate of drug-likeness (QED) is 0.826. The van der Waals surface area contributed by atoms with Crippen molar-refractivity contribution < 1.29 is 4.79 Å². The van der Waals surface area contributed by atoms with E-state index in [4.69, 9.17) is 6.42 Å². The molecule has 2 aromatic carbocycles. The number of amides is 1. The third-order valence-corrected chi connectivity index (χ3v) is 3.63. The van der Waals surface area contributed by atoms with E-state index in [1.165, 1.54) is 0 Å². The lowest BCUT2D eigenvalue weighted by molar-refractivity contribution is 0.102. The first kappa shape index (κ1) is 13.3. The van der Waals surface area contributed by atoms with Crippen LogP contribution in [0.5, 0.6) is 0 Å². The van der Waals surface area contributed by atoms with Crippen LogP contribution < -0.4 is 10.6 Å². The van der Waals surface area contributed by atoms with Crippen molar-refractivity contribution in [3.63, 3.8) is 0 Å². The van der Waals surface area contributed by atoms with Gasteiger partial charge in [0.05, 0.1) is 0 Å². The summed E-state index contributed by atoms with van der Waals surface area (Å²) in [6.07, 6.45) is 7.35. The molecule has 0 unspecified atom stereocenters. The lowest BCUT2D eigenvalue weighted by Crippen LogP contribution is -2.19. The maximum atomic E-state index is 12.5. The van der Waals surface area contributed by atoms with Crippen molar-refractivity contribution in [1.29, 1.82) is 0 Å². The van der Waals surface area contributed by atoms with Gasteiger partial charge in [-0.15, -0.1) is 6.42 Å². The fraction of sp³-hybridized carbons (Fsp3) is 0.167. The minimum Gasteiger partial charge on any atom is -0.385 e. The Morgan fingerprint density at radius 1 is 1.24 bits per heavy atom. The molecular weight excluding hydrogens is 260 g/mol. The lowest BCUT2D eigenvalue weighted by atomic mass is 9.97. The Hall–Kier alpha value is -2.73. The number of carbonyl (C=O) groups is 1. The second kappa shape index (κ2) is 5.72. The molecule has 3 heteroatoms. The summed E-state index contributed by atoms with van der Waals surface area (Å²) in [7, 11) is 0. The Morgan fingerprint density at radius 3 is 2.95 bits per heavy atom. The summed E-state index contributed by atoms with van der Waals surface area (Å²) >= 11 is 0. The van der Waals surface area contributed by atoms with Crippen LogP contribution in [-0.2, 0) is 6.42 Å². The number of nitrogens with one attached hydrogen (secondary N) is 2. The molecule has 0 aromatic heterocycles. The van der Waals surface area contributed by atoms with Gasteiger partial charge in [0.25, 0.3) is 5.91 Å². The van der Waals surface area contributed by atoms with Crippen molar-refractivity contribution in [2.24, 2.45) is 0 Å². The molecule has 0 fully saturated rings. The topological polar surface area (TPSA) is 41.1 Å². The molecule has 0 atom stereocenters. The van der Waals surface area contributed by atoms with E-state index < -0.39 is 0 Å². The Bertz CT molecular complexity index is 728. The number of rotatable bonds is 2. The second-order valence-electron chi connectivity index (χ2n) is 5.04. The molecule has 0 radical (unpaired) electrons. The third kappa shape index (κ3) is 2.75. The van der Waals surface area contributed by atoms with Crippen molar-refractivity contribution >= 4 is 17.3 Å². The smallest absolute Gasteiger partial charge is 0.256 e. The minimum atomic E-state index is -0.0929. The van der Waals surface area contributed by atoms with Gasteiger partial charge in [0.15, 0.2) is 0 Å². The van der Waals surface area contributed by atoms with E-state index in [0.29, 0.717) is 0 Å². The maximum Gasteiger partial charge on any atom is 0.256 e. The molecule has 1 amide bonds. The van der Waals surface area contributed by atoms with E-state index in [-0.39, 0.29) is 5.91 Å². The Morgan fingerprint density at radius 2 is 2.10 bits per heavy atom. The van der Waals surface area contributed by atoms with E-state index in [0.717, 1.165) is 47.5 Å². The van der Waals surface area contributed by atoms with Gasteiger partial charge in [-0.25, -0.2) is 0 Å². The molecule has 1 aliphatic heterocycles. The van der Waals surface area contributed by atoms with Crippen molar-refractivity contribution in [3.8, 4) is 12.3 Å². The highest BCUT2D eigenvalue weighted by molar-refractivity contribution is 6.06. The minimum absolute atomic E-state index is 0.0929. The number of hydrogen-bond donors (Lipinski definition) is 2. The molecule has 2 aromatic rings. The highest BCUT2D eigenvalue weighted by atomic mass is 16.1. The van der Waals surface area contributed by atoms with Crippen molar-refractivity contribution in [1.82, 2.24) is 0 Å². The van der Waals surface area contributed by atoms with Crippen LogP contribution in [0.4, 0.5) is 11.4 Å². The van der Waals surface area contributed by atoms with Gasteiger partial charge in [-0.2, -0.15) is 0 Å². The van der Waals surface area contributed by atoms with Crippen LogP contribution in [0.25, 0.3) is 0 Å². The summed E-state index contributed by atoms with van der Waals surface area (Å²) in [6, 6.07) is 13.1. The molecule has 3 rings (SSSR count). The largest absolute Gasteiger partial charge is 0.385 e. The molecule has 2 N–H and O–H groups in total. The van der Waals surface area contributed by atoms with E-state index in [2.05, 4.69) is 16.6 Å². The predicted octanol–water partition coefficient (Wildman–Crippen LogP) is 3.28. The summed E-state index contributed by atoms with van der Waals surface area (Å²) in [5, 5.41) is 6.25. The zero-order valence-corrected chi connectivity index (χ0v) is 11.6. The molecule has 0 bridgehead atoms. The first-order valence-electron chi connectivity index (χ1n) is 7.02. The summed E-state index contributed by atoms with van der Waals surface area (Å²) in [6.45, 7) is 0.961. The van der Waals surface area contributed by atoms with Crippen LogP contribution in [0, 0.1) is 12.3 Å². The first-order valence-corrected chi connectivity index (χ1v) is 7.02. The van der Waals surface area contributed by atoms with E-state index >= 15 is 0 Å². The molecule has 1 heterocycles. The molecule has 3 nitrogen and oxygen atoms in total. The molecule has 0 aliphatic carbocycles. The molecule has 0 saturated carbocycles. The van der Waals surface area contributed by atoms with Crippen LogP contribution >= 0.6 is 0 Å².